The molecule has 0 atom stereocenters. The molecule has 0 spiro atoms. The highest BCUT2D eigenvalue weighted by molar-refractivity contribution is 5.96. The van der Waals surface area contributed by atoms with E-state index in [0.29, 0.717) is 17.1 Å². The number of carboxylic acid groups (broad SMARTS) is 1. The molecule has 0 bridgehead atoms. The Labute approximate surface area is 141 Å². The van der Waals surface area contributed by atoms with Gasteiger partial charge in [-0.1, -0.05) is 0 Å². The van der Waals surface area contributed by atoms with Gasteiger partial charge in [0, 0.05) is 11.6 Å². The molecular weight excluding hydrogens is 310 g/mol. The summed E-state index contributed by atoms with van der Waals surface area (Å²) in [7, 11) is 1.57. The maximum atomic E-state index is 12.7. The Balaban J connectivity index is 1.81. The van der Waals surface area contributed by atoms with Crippen molar-refractivity contribution < 1.29 is 24.2 Å². The lowest BCUT2D eigenvalue weighted by atomic mass is 10.1. The molecule has 2 aliphatic rings. The standard InChI is InChI=1S/C18H23NO5/c1-23-15-9-6-12(10-16(15)24-14-4-2-3-5-14)18(22)19(11-17(20)21)13-7-8-13/h6,9-10,13-14H,2-5,7-8,11H2,1H3,(H,20,21). The predicted molar refractivity (Wildman–Crippen MR) is 87.6 cm³/mol. The normalized spacial score (nSPS) is 17.5. The van der Waals surface area contributed by atoms with Crippen LogP contribution in [0.15, 0.2) is 18.2 Å². The number of ether oxygens (including phenoxy) is 2. The zero-order valence-electron chi connectivity index (χ0n) is 13.9. The maximum absolute atomic E-state index is 12.7. The van der Waals surface area contributed by atoms with E-state index in [2.05, 4.69) is 0 Å². The van der Waals surface area contributed by atoms with E-state index in [-0.39, 0.29) is 24.6 Å². The van der Waals surface area contributed by atoms with Gasteiger partial charge in [-0.25, -0.2) is 0 Å². The first-order valence-corrected chi connectivity index (χ1v) is 8.46. The van der Waals surface area contributed by atoms with Gasteiger partial charge in [-0.2, -0.15) is 0 Å². The van der Waals surface area contributed by atoms with Crippen LogP contribution in [-0.4, -0.2) is 47.7 Å². The highest BCUT2D eigenvalue weighted by Gasteiger charge is 2.34. The molecular formula is C18H23NO5. The zero-order chi connectivity index (χ0) is 17.1. The molecule has 0 heterocycles. The lowest BCUT2D eigenvalue weighted by molar-refractivity contribution is -0.137. The average molecular weight is 333 g/mol. The minimum Gasteiger partial charge on any atom is -0.493 e. The van der Waals surface area contributed by atoms with Crippen molar-refractivity contribution in [2.75, 3.05) is 13.7 Å². The Morgan fingerprint density at radius 2 is 1.88 bits per heavy atom. The molecule has 24 heavy (non-hydrogen) atoms. The fraction of sp³-hybridized carbons (Fsp3) is 0.556. The van der Waals surface area contributed by atoms with Crippen molar-refractivity contribution in [3.8, 4) is 11.5 Å². The molecule has 3 rings (SSSR count). The second-order valence-corrected chi connectivity index (χ2v) is 6.45. The van der Waals surface area contributed by atoms with Crippen molar-refractivity contribution in [3.05, 3.63) is 23.8 Å². The first-order valence-electron chi connectivity index (χ1n) is 8.46. The molecule has 1 amide bonds. The van der Waals surface area contributed by atoms with Crippen LogP contribution in [-0.2, 0) is 4.79 Å². The summed E-state index contributed by atoms with van der Waals surface area (Å²) in [5, 5.41) is 9.04. The van der Waals surface area contributed by atoms with E-state index in [0.717, 1.165) is 38.5 Å². The van der Waals surface area contributed by atoms with E-state index < -0.39 is 5.97 Å². The molecule has 1 aromatic rings. The summed E-state index contributed by atoms with van der Waals surface area (Å²) < 4.78 is 11.3. The highest BCUT2D eigenvalue weighted by atomic mass is 16.5. The maximum Gasteiger partial charge on any atom is 0.323 e. The van der Waals surface area contributed by atoms with Crippen molar-refractivity contribution in [1.29, 1.82) is 0 Å². The van der Waals surface area contributed by atoms with Crippen LogP contribution in [0.1, 0.15) is 48.9 Å². The third kappa shape index (κ3) is 3.80. The van der Waals surface area contributed by atoms with Crippen molar-refractivity contribution in [3.63, 3.8) is 0 Å². The first-order chi connectivity index (χ1) is 11.6. The molecule has 130 valence electrons. The van der Waals surface area contributed by atoms with E-state index in [1.54, 1.807) is 25.3 Å². The van der Waals surface area contributed by atoms with Crippen LogP contribution in [0.2, 0.25) is 0 Å². The van der Waals surface area contributed by atoms with Gasteiger partial charge in [-0.3, -0.25) is 9.59 Å². The summed E-state index contributed by atoms with van der Waals surface area (Å²) in [6.45, 7) is -0.269. The van der Waals surface area contributed by atoms with Gasteiger partial charge in [0.25, 0.3) is 5.91 Å². The summed E-state index contributed by atoms with van der Waals surface area (Å²) in [5.41, 5.74) is 0.442. The van der Waals surface area contributed by atoms with Crippen LogP contribution in [0.4, 0.5) is 0 Å². The number of amides is 1. The topological polar surface area (TPSA) is 76.1 Å². The third-order valence-corrected chi connectivity index (χ3v) is 4.56. The second-order valence-electron chi connectivity index (χ2n) is 6.45. The van der Waals surface area contributed by atoms with E-state index in [4.69, 9.17) is 14.6 Å². The summed E-state index contributed by atoms with van der Waals surface area (Å²) in [5.74, 6) is -0.110. The van der Waals surface area contributed by atoms with Gasteiger partial charge >= 0.3 is 5.97 Å². The monoisotopic (exact) mass is 333 g/mol. The molecule has 1 N–H and O–H groups in total. The first kappa shape index (κ1) is 16.6. The lowest BCUT2D eigenvalue weighted by Crippen LogP contribution is -2.37. The zero-order valence-corrected chi connectivity index (χ0v) is 13.9. The quantitative estimate of drug-likeness (QED) is 0.830. The molecule has 2 saturated carbocycles. The summed E-state index contributed by atoms with van der Waals surface area (Å²) >= 11 is 0. The van der Waals surface area contributed by atoms with E-state index in [1.807, 2.05) is 0 Å². The molecule has 0 aromatic heterocycles. The summed E-state index contributed by atoms with van der Waals surface area (Å²) in [6.07, 6.45) is 6.20. The van der Waals surface area contributed by atoms with Crippen LogP contribution in [0.5, 0.6) is 11.5 Å². The van der Waals surface area contributed by atoms with E-state index >= 15 is 0 Å². The molecule has 0 unspecified atom stereocenters. The van der Waals surface area contributed by atoms with Crippen molar-refractivity contribution in [2.45, 2.75) is 50.7 Å². The smallest absolute Gasteiger partial charge is 0.323 e. The number of hydrogen-bond acceptors (Lipinski definition) is 4. The number of aliphatic carboxylic acids is 1. The number of benzene rings is 1. The van der Waals surface area contributed by atoms with Gasteiger partial charge in [0.2, 0.25) is 0 Å². The molecule has 0 aliphatic heterocycles. The number of nitrogens with zero attached hydrogens (tertiary/aromatic N) is 1. The molecule has 6 nitrogen and oxygen atoms in total. The number of carbonyl (C=O) groups is 2. The third-order valence-electron chi connectivity index (χ3n) is 4.56. The number of carbonyl (C=O) groups excluding carboxylic acids is 1. The SMILES string of the molecule is COc1ccc(C(=O)N(CC(=O)O)C2CC2)cc1OC1CCCC1. The van der Waals surface area contributed by atoms with Crippen molar-refractivity contribution in [1.82, 2.24) is 4.90 Å². The van der Waals surface area contributed by atoms with Gasteiger partial charge in [0.05, 0.1) is 13.2 Å². The fourth-order valence-electron chi connectivity index (χ4n) is 3.15. The van der Waals surface area contributed by atoms with Gasteiger partial charge in [-0.15, -0.1) is 0 Å². The van der Waals surface area contributed by atoms with Gasteiger partial charge in [-0.05, 0) is 56.7 Å². The molecule has 6 heteroatoms. The van der Waals surface area contributed by atoms with E-state index in [9.17, 15) is 9.59 Å². The molecule has 2 aliphatic carbocycles. The van der Waals surface area contributed by atoms with Crippen LogP contribution < -0.4 is 9.47 Å². The molecule has 0 radical (unpaired) electrons. The van der Waals surface area contributed by atoms with Gasteiger partial charge < -0.3 is 19.5 Å². The van der Waals surface area contributed by atoms with E-state index in [1.165, 1.54) is 4.90 Å². The van der Waals surface area contributed by atoms with Crippen molar-refractivity contribution >= 4 is 11.9 Å². The van der Waals surface area contributed by atoms with Crippen LogP contribution in [0.3, 0.4) is 0 Å². The fourth-order valence-corrected chi connectivity index (χ4v) is 3.15. The highest BCUT2D eigenvalue weighted by Crippen LogP contribution is 2.34. The number of hydrogen-bond donors (Lipinski definition) is 1. The van der Waals surface area contributed by atoms with Gasteiger partial charge in [0.1, 0.15) is 6.54 Å². The number of carboxylic acids is 1. The number of rotatable bonds is 7. The minimum absolute atomic E-state index is 0.0369. The Bertz CT molecular complexity index is 620. The molecule has 0 saturated heterocycles. The van der Waals surface area contributed by atoms with Crippen LogP contribution in [0.25, 0.3) is 0 Å². The summed E-state index contributed by atoms with van der Waals surface area (Å²) in [6, 6.07) is 5.09. The lowest BCUT2D eigenvalue weighted by Gasteiger charge is -2.21. The Hall–Kier alpha value is -2.24. The largest absolute Gasteiger partial charge is 0.493 e. The Kier molecular flexibility index (Phi) is 4.92. The summed E-state index contributed by atoms with van der Waals surface area (Å²) in [4.78, 5) is 25.2. The minimum atomic E-state index is -0.994. The molecule has 1 aromatic carbocycles. The van der Waals surface area contributed by atoms with Gasteiger partial charge in [0.15, 0.2) is 11.5 Å². The predicted octanol–water partition coefficient (Wildman–Crippen LogP) is 2.71. The Morgan fingerprint density at radius 3 is 2.46 bits per heavy atom. The average Bonchev–Trinajstić information content (AvgIpc) is 3.29. The molecule has 2 fully saturated rings. The van der Waals surface area contributed by atoms with Crippen LogP contribution in [0, 0.1) is 0 Å². The van der Waals surface area contributed by atoms with Crippen molar-refractivity contribution in [2.24, 2.45) is 0 Å². The van der Waals surface area contributed by atoms with Crippen LogP contribution >= 0.6 is 0 Å². The number of methoxy groups -OCH3 is 1. The Morgan fingerprint density at radius 1 is 1.17 bits per heavy atom. The second kappa shape index (κ2) is 7.11.